The molecule has 0 unspecified atom stereocenters. The van der Waals surface area contributed by atoms with Gasteiger partial charge in [-0.05, 0) is 28.7 Å². The van der Waals surface area contributed by atoms with Crippen molar-refractivity contribution in [3.05, 3.63) is 59.7 Å². The number of halogens is 3. The standard InChI is InChI=1S/C24H25F3N2O6/c25-24(26,27)20(9-10-21(31)28-12-11-19(30)22(32)33)29-23(34)35-13-18-16-7-3-1-5-14(16)15-6-2-4-8-17(15)18/h1-8,18-20,30H,9-13H2,(H,28,31)(H,29,34)(H,32,33)/t19-,20-/m0/s1. The van der Waals surface area contributed by atoms with Gasteiger partial charge < -0.3 is 25.6 Å². The van der Waals surface area contributed by atoms with Gasteiger partial charge >= 0.3 is 18.2 Å². The Balaban J connectivity index is 1.53. The molecule has 11 heteroatoms. The molecule has 0 saturated carbocycles. The zero-order valence-electron chi connectivity index (χ0n) is 18.5. The average Bonchev–Trinajstić information content (AvgIpc) is 3.13. The molecular weight excluding hydrogens is 469 g/mol. The zero-order valence-corrected chi connectivity index (χ0v) is 18.5. The van der Waals surface area contributed by atoms with Gasteiger partial charge in [-0.1, -0.05) is 48.5 Å². The Morgan fingerprint density at radius 2 is 1.54 bits per heavy atom. The first-order chi connectivity index (χ1) is 16.6. The highest BCUT2D eigenvalue weighted by atomic mass is 19.4. The van der Waals surface area contributed by atoms with Gasteiger partial charge in [0.05, 0.1) is 0 Å². The monoisotopic (exact) mass is 494 g/mol. The van der Waals surface area contributed by atoms with E-state index in [4.69, 9.17) is 14.9 Å². The minimum Gasteiger partial charge on any atom is -0.479 e. The number of benzene rings is 2. The van der Waals surface area contributed by atoms with Crippen molar-refractivity contribution in [3.8, 4) is 11.1 Å². The highest BCUT2D eigenvalue weighted by molar-refractivity contribution is 5.79. The molecule has 188 valence electrons. The normalized spacial score (nSPS) is 14.4. The second kappa shape index (κ2) is 11.2. The summed E-state index contributed by atoms with van der Waals surface area (Å²) >= 11 is 0. The first kappa shape index (κ1) is 26.0. The average molecular weight is 494 g/mol. The molecule has 2 aromatic rings. The lowest BCUT2D eigenvalue weighted by Gasteiger charge is -2.22. The van der Waals surface area contributed by atoms with Crippen molar-refractivity contribution in [2.75, 3.05) is 13.2 Å². The molecule has 4 N–H and O–H groups in total. The first-order valence-electron chi connectivity index (χ1n) is 10.9. The van der Waals surface area contributed by atoms with Crippen LogP contribution in [0.5, 0.6) is 0 Å². The number of carbonyl (C=O) groups excluding carboxylic acids is 2. The Morgan fingerprint density at radius 3 is 2.09 bits per heavy atom. The van der Waals surface area contributed by atoms with Crippen molar-refractivity contribution in [2.24, 2.45) is 0 Å². The van der Waals surface area contributed by atoms with Crippen molar-refractivity contribution in [1.29, 1.82) is 0 Å². The fourth-order valence-electron chi connectivity index (χ4n) is 3.94. The lowest BCUT2D eigenvalue weighted by molar-refractivity contribution is -0.156. The maximum Gasteiger partial charge on any atom is 0.408 e. The van der Waals surface area contributed by atoms with Crippen LogP contribution in [0.1, 0.15) is 36.3 Å². The Kier molecular flexibility index (Phi) is 8.34. The minimum absolute atomic E-state index is 0.156. The van der Waals surface area contributed by atoms with E-state index in [1.165, 1.54) is 0 Å². The van der Waals surface area contributed by atoms with E-state index in [9.17, 15) is 27.6 Å². The number of aliphatic carboxylic acids is 1. The number of hydrogen-bond donors (Lipinski definition) is 4. The maximum atomic E-state index is 13.4. The third-order valence-electron chi connectivity index (χ3n) is 5.72. The maximum absolute atomic E-state index is 13.4. The van der Waals surface area contributed by atoms with Crippen molar-refractivity contribution in [3.63, 3.8) is 0 Å². The molecule has 3 rings (SSSR count). The van der Waals surface area contributed by atoms with Gasteiger partial charge in [0.2, 0.25) is 5.91 Å². The number of alkyl carbamates (subject to hydrolysis) is 1. The largest absolute Gasteiger partial charge is 0.479 e. The fourth-order valence-corrected chi connectivity index (χ4v) is 3.94. The van der Waals surface area contributed by atoms with Crippen LogP contribution in [0.25, 0.3) is 11.1 Å². The summed E-state index contributed by atoms with van der Waals surface area (Å²) in [6.07, 6.45) is -9.35. The number of aliphatic hydroxyl groups excluding tert-OH is 1. The van der Waals surface area contributed by atoms with Crippen LogP contribution in [-0.4, -0.2) is 59.7 Å². The van der Waals surface area contributed by atoms with Gasteiger partial charge in [-0.15, -0.1) is 0 Å². The topological polar surface area (TPSA) is 125 Å². The third kappa shape index (κ3) is 6.72. The number of amides is 2. The van der Waals surface area contributed by atoms with Crippen molar-refractivity contribution < 1.29 is 42.5 Å². The van der Waals surface area contributed by atoms with E-state index in [1.54, 1.807) is 5.32 Å². The molecule has 0 aromatic heterocycles. The molecule has 8 nitrogen and oxygen atoms in total. The second-order valence-corrected chi connectivity index (χ2v) is 8.10. The van der Waals surface area contributed by atoms with E-state index < -0.39 is 49.1 Å². The van der Waals surface area contributed by atoms with Crippen molar-refractivity contribution in [2.45, 2.75) is 43.5 Å². The van der Waals surface area contributed by atoms with E-state index in [1.807, 2.05) is 48.5 Å². The van der Waals surface area contributed by atoms with Gasteiger partial charge in [0.1, 0.15) is 12.6 Å². The van der Waals surface area contributed by atoms with E-state index >= 15 is 0 Å². The quantitative estimate of drug-likeness (QED) is 0.402. The Morgan fingerprint density at radius 1 is 0.971 bits per heavy atom. The summed E-state index contributed by atoms with van der Waals surface area (Å²) in [5, 5.41) is 21.7. The molecule has 1 aliphatic rings. The molecule has 0 heterocycles. The number of nitrogens with one attached hydrogen (secondary N) is 2. The Hall–Kier alpha value is -3.60. The number of hydrogen-bond acceptors (Lipinski definition) is 5. The van der Waals surface area contributed by atoms with Gasteiger partial charge in [-0.25, -0.2) is 9.59 Å². The molecule has 2 aromatic carbocycles. The molecule has 0 fully saturated rings. The van der Waals surface area contributed by atoms with Crippen LogP contribution < -0.4 is 10.6 Å². The Bertz CT molecular complexity index is 1030. The lowest BCUT2D eigenvalue weighted by atomic mass is 9.98. The summed E-state index contributed by atoms with van der Waals surface area (Å²) in [5.74, 6) is -2.56. The first-order valence-corrected chi connectivity index (χ1v) is 10.9. The fraction of sp³-hybridized carbons (Fsp3) is 0.375. The summed E-state index contributed by atoms with van der Waals surface area (Å²) in [7, 11) is 0. The minimum atomic E-state index is -4.81. The van der Waals surface area contributed by atoms with Crippen LogP contribution in [0.3, 0.4) is 0 Å². The van der Waals surface area contributed by atoms with Crippen LogP contribution in [-0.2, 0) is 14.3 Å². The smallest absolute Gasteiger partial charge is 0.408 e. The number of ether oxygens (including phenoxy) is 1. The van der Waals surface area contributed by atoms with Crippen LogP contribution in [0.4, 0.5) is 18.0 Å². The SMILES string of the molecule is O=C(CC[C@H](NC(=O)OCC1c2ccccc2-c2ccccc21)C(F)(F)F)NCC[C@H](O)C(=O)O. The summed E-state index contributed by atoms with van der Waals surface area (Å²) in [4.78, 5) is 34.5. The zero-order chi connectivity index (χ0) is 25.6. The van der Waals surface area contributed by atoms with Crippen molar-refractivity contribution >= 4 is 18.0 Å². The number of carboxylic acids is 1. The Labute approximate surface area is 199 Å². The summed E-state index contributed by atoms with van der Waals surface area (Å²) in [6.45, 7) is -0.375. The molecule has 0 saturated heterocycles. The van der Waals surface area contributed by atoms with E-state index in [2.05, 4.69) is 5.32 Å². The number of fused-ring (bicyclic) bond motifs is 3. The molecule has 2 atom stereocenters. The second-order valence-electron chi connectivity index (χ2n) is 8.10. The highest BCUT2D eigenvalue weighted by Gasteiger charge is 2.41. The summed E-state index contributed by atoms with van der Waals surface area (Å²) in [5.41, 5.74) is 3.79. The van der Waals surface area contributed by atoms with Crippen molar-refractivity contribution in [1.82, 2.24) is 10.6 Å². The summed E-state index contributed by atoms with van der Waals surface area (Å²) in [6, 6.07) is 12.8. The molecule has 1 aliphatic carbocycles. The third-order valence-corrected chi connectivity index (χ3v) is 5.72. The van der Waals surface area contributed by atoms with Crippen LogP contribution in [0.2, 0.25) is 0 Å². The van der Waals surface area contributed by atoms with E-state index in [0.717, 1.165) is 22.3 Å². The van der Waals surface area contributed by atoms with E-state index in [-0.39, 0.29) is 25.5 Å². The van der Waals surface area contributed by atoms with Gasteiger partial charge in [0.25, 0.3) is 0 Å². The van der Waals surface area contributed by atoms with E-state index in [0.29, 0.717) is 0 Å². The number of aliphatic hydroxyl groups is 1. The number of alkyl halides is 3. The predicted molar refractivity (Wildman–Crippen MR) is 119 cm³/mol. The molecule has 0 aliphatic heterocycles. The number of carbonyl (C=O) groups is 3. The van der Waals surface area contributed by atoms with Crippen LogP contribution in [0, 0.1) is 0 Å². The molecule has 0 spiro atoms. The predicted octanol–water partition coefficient (Wildman–Crippen LogP) is 3.19. The van der Waals surface area contributed by atoms with Gasteiger partial charge in [0.15, 0.2) is 6.10 Å². The molecular formula is C24H25F3N2O6. The highest BCUT2D eigenvalue weighted by Crippen LogP contribution is 2.44. The van der Waals surface area contributed by atoms with Gasteiger partial charge in [0, 0.05) is 25.3 Å². The number of carboxylic acid groups (broad SMARTS) is 1. The van der Waals surface area contributed by atoms with Crippen LogP contribution >= 0.6 is 0 Å². The number of rotatable bonds is 10. The summed E-state index contributed by atoms with van der Waals surface area (Å²) < 4.78 is 45.4. The van der Waals surface area contributed by atoms with Gasteiger partial charge in [-0.3, -0.25) is 4.79 Å². The van der Waals surface area contributed by atoms with Crippen LogP contribution in [0.15, 0.2) is 48.5 Å². The molecule has 0 bridgehead atoms. The lowest BCUT2D eigenvalue weighted by Crippen LogP contribution is -2.46. The molecule has 35 heavy (non-hydrogen) atoms. The molecule has 0 radical (unpaired) electrons. The van der Waals surface area contributed by atoms with Gasteiger partial charge in [-0.2, -0.15) is 13.2 Å². The molecule has 2 amide bonds.